The van der Waals surface area contributed by atoms with Crippen LogP contribution in [0.15, 0.2) is 0 Å². The summed E-state index contributed by atoms with van der Waals surface area (Å²) in [6.45, 7) is 10.1. The van der Waals surface area contributed by atoms with Gasteiger partial charge in [0, 0.05) is 19.1 Å². The van der Waals surface area contributed by atoms with Crippen molar-refractivity contribution in [2.24, 2.45) is 0 Å². The molecule has 0 bridgehead atoms. The molecule has 2 heteroatoms. The standard InChI is InChI=1S/C17H38N2/c1-4-5-6-7-8-9-10-11-12-13-14-18-15-16-19-17(2)3/h17-19H,4-16H2,1-3H3. The van der Waals surface area contributed by atoms with Crippen molar-refractivity contribution in [3.05, 3.63) is 0 Å². The van der Waals surface area contributed by atoms with Gasteiger partial charge in [0.25, 0.3) is 0 Å². The summed E-state index contributed by atoms with van der Waals surface area (Å²) in [4.78, 5) is 0. The third-order valence-electron chi connectivity index (χ3n) is 3.56. The minimum atomic E-state index is 0.610. The Balaban J connectivity index is 2.91. The van der Waals surface area contributed by atoms with E-state index in [9.17, 15) is 0 Å². The highest BCUT2D eigenvalue weighted by Crippen LogP contribution is 2.10. The molecule has 0 atom stereocenters. The van der Waals surface area contributed by atoms with E-state index in [1.54, 1.807) is 0 Å². The molecule has 0 aromatic heterocycles. The van der Waals surface area contributed by atoms with E-state index in [0.29, 0.717) is 6.04 Å². The molecule has 19 heavy (non-hydrogen) atoms. The Bertz CT molecular complexity index is 157. The fraction of sp³-hybridized carbons (Fsp3) is 1.00. The molecule has 0 aliphatic carbocycles. The Morgan fingerprint density at radius 1 is 0.632 bits per heavy atom. The molecule has 0 amide bonds. The van der Waals surface area contributed by atoms with Gasteiger partial charge in [0.1, 0.15) is 0 Å². The summed E-state index contributed by atoms with van der Waals surface area (Å²) in [5.41, 5.74) is 0. The van der Waals surface area contributed by atoms with Crippen molar-refractivity contribution in [3.8, 4) is 0 Å². The van der Waals surface area contributed by atoms with Gasteiger partial charge < -0.3 is 10.6 Å². The van der Waals surface area contributed by atoms with Crippen molar-refractivity contribution in [2.75, 3.05) is 19.6 Å². The molecule has 0 aliphatic rings. The molecule has 2 N–H and O–H groups in total. The second-order valence-corrected chi connectivity index (χ2v) is 6.04. The van der Waals surface area contributed by atoms with Crippen LogP contribution in [0.1, 0.15) is 85.0 Å². The number of hydrogen-bond acceptors (Lipinski definition) is 2. The summed E-state index contributed by atoms with van der Waals surface area (Å²) in [6.07, 6.45) is 14.2. The summed E-state index contributed by atoms with van der Waals surface area (Å²) in [5.74, 6) is 0. The minimum absolute atomic E-state index is 0.610. The van der Waals surface area contributed by atoms with E-state index in [-0.39, 0.29) is 0 Å². The van der Waals surface area contributed by atoms with Gasteiger partial charge in [-0.3, -0.25) is 0 Å². The molecule has 0 heterocycles. The van der Waals surface area contributed by atoms with Gasteiger partial charge in [0.15, 0.2) is 0 Å². The first-order chi connectivity index (χ1) is 9.27. The van der Waals surface area contributed by atoms with E-state index in [0.717, 1.165) is 13.1 Å². The zero-order chi connectivity index (χ0) is 14.2. The smallest absolute Gasteiger partial charge is 0.00790 e. The molecule has 0 rings (SSSR count). The molecular weight excluding hydrogens is 232 g/mol. The zero-order valence-electron chi connectivity index (χ0n) is 13.8. The van der Waals surface area contributed by atoms with E-state index in [4.69, 9.17) is 0 Å². The highest BCUT2D eigenvalue weighted by molar-refractivity contribution is 4.56. The Kier molecular flexibility index (Phi) is 15.9. The summed E-state index contributed by atoms with van der Waals surface area (Å²) >= 11 is 0. The van der Waals surface area contributed by atoms with Crippen molar-refractivity contribution < 1.29 is 0 Å². The van der Waals surface area contributed by atoms with E-state index in [1.807, 2.05) is 0 Å². The summed E-state index contributed by atoms with van der Waals surface area (Å²) in [6, 6.07) is 0.610. The largest absolute Gasteiger partial charge is 0.315 e. The Morgan fingerprint density at radius 2 is 1.16 bits per heavy atom. The number of nitrogens with one attached hydrogen (secondary N) is 2. The highest BCUT2D eigenvalue weighted by atomic mass is 14.9. The molecule has 116 valence electrons. The molecule has 0 aromatic carbocycles. The van der Waals surface area contributed by atoms with Crippen LogP contribution in [0.5, 0.6) is 0 Å². The van der Waals surface area contributed by atoms with Gasteiger partial charge in [-0.2, -0.15) is 0 Å². The van der Waals surface area contributed by atoms with Gasteiger partial charge in [0.05, 0.1) is 0 Å². The van der Waals surface area contributed by atoms with Crippen molar-refractivity contribution >= 4 is 0 Å². The van der Waals surface area contributed by atoms with Crippen LogP contribution in [-0.4, -0.2) is 25.7 Å². The predicted molar refractivity (Wildman–Crippen MR) is 87.9 cm³/mol. The summed E-state index contributed by atoms with van der Waals surface area (Å²) in [5, 5.41) is 6.93. The van der Waals surface area contributed by atoms with Gasteiger partial charge in [-0.1, -0.05) is 78.6 Å². The minimum Gasteiger partial charge on any atom is -0.315 e. The van der Waals surface area contributed by atoms with E-state index in [2.05, 4.69) is 31.4 Å². The summed E-state index contributed by atoms with van der Waals surface area (Å²) in [7, 11) is 0. The molecule has 0 spiro atoms. The molecular formula is C17H38N2. The molecule has 2 nitrogen and oxygen atoms in total. The van der Waals surface area contributed by atoms with E-state index in [1.165, 1.54) is 70.8 Å². The molecule has 0 aliphatic heterocycles. The lowest BCUT2D eigenvalue weighted by Gasteiger charge is -2.08. The summed E-state index contributed by atoms with van der Waals surface area (Å²) < 4.78 is 0. The lowest BCUT2D eigenvalue weighted by Crippen LogP contribution is -2.31. The van der Waals surface area contributed by atoms with Gasteiger partial charge in [-0.15, -0.1) is 0 Å². The van der Waals surface area contributed by atoms with E-state index < -0.39 is 0 Å². The molecule has 0 saturated heterocycles. The first-order valence-corrected chi connectivity index (χ1v) is 8.71. The molecule has 0 fully saturated rings. The Labute approximate surface area is 122 Å². The molecule has 0 aromatic rings. The van der Waals surface area contributed by atoms with Crippen LogP contribution in [0.4, 0.5) is 0 Å². The fourth-order valence-electron chi connectivity index (χ4n) is 2.31. The maximum absolute atomic E-state index is 3.50. The topological polar surface area (TPSA) is 24.1 Å². The van der Waals surface area contributed by atoms with Crippen LogP contribution in [0, 0.1) is 0 Å². The number of hydrogen-bond donors (Lipinski definition) is 2. The average molecular weight is 271 g/mol. The second kappa shape index (κ2) is 16.0. The molecule has 0 radical (unpaired) electrons. The highest BCUT2D eigenvalue weighted by Gasteiger charge is 1.93. The van der Waals surface area contributed by atoms with Crippen molar-refractivity contribution in [1.29, 1.82) is 0 Å². The third-order valence-corrected chi connectivity index (χ3v) is 3.56. The average Bonchev–Trinajstić information content (AvgIpc) is 2.39. The number of unbranched alkanes of at least 4 members (excludes halogenated alkanes) is 9. The Hall–Kier alpha value is -0.0800. The first kappa shape index (κ1) is 18.9. The quantitative estimate of drug-likeness (QED) is 0.428. The molecule has 0 saturated carbocycles. The third kappa shape index (κ3) is 17.9. The lowest BCUT2D eigenvalue weighted by molar-refractivity contribution is 0.526. The van der Waals surface area contributed by atoms with Gasteiger partial charge >= 0.3 is 0 Å². The fourth-order valence-corrected chi connectivity index (χ4v) is 2.31. The molecule has 0 unspecified atom stereocenters. The van der Waals surface area contributed by atoms with Crippen molar-refractivity contribution in [3.63, 3.8) is 0 Å². The SMILES string of the molecule is CCCCCCCCCCCCNCCNC(C)C. The van der Waals surface area contributed by atoms with Crippen LogP contribution in [0.2, 0.25) is 0 Å². The Morgan fingerprint density at radius 3 is 1.68 bits per heavy atom. The first-order valence-electron chi connectivity index (χ1n) is 8.71. The van der Waals surface area contributed by atoms with Crippen LogP contribution < -0.4 is 10.6 Å². The zero-order valence-corrected chi connectivity index (χ0v) is 13.8. The van der Waals surface area contributed by atoms with E-state index >= 15 is 0 Å². The van der Waals surface area contributed by atoms with Crippen LogP contribution in [-0.2, 0) is 0 Å². The van der Waals surface area contributed by atoms with Crippen molar-refractivity contribution in [2.45, 2.75) is 91.0 Å². The van der Waals surface area contributed by atoms with Gasteiger partial charge in [0.2, 0.25) is 0 Å². The van der Waals surface area contributed by atoms with Crippen molar-refractivity contribution in [1.82, 2.24) is 10.6 Å². The maximum Gasteiger partial charge on any atom is 0.00790 e. The van der Waals surface area contributed by atoms with Crippen LogP contribution in [0.25, 0.3) is 0 Å². The second-order valence-electron chi connectivity index (χ2n) is 6.04. The van der Waals surface area contributed by atoms with Gasteiger partial charge in [-0.05, 0) is 13.0 Å². The normalized spacial score (nSPS) is 11.4. The maximum atomic E-state index is 3.50. The number of rotatable bonds is 15. The predicted octanol–water partition coefficient (Wildman–Crippen LogP) is 4.49. The van der Waals surface area contributed by atoms with Crippen LogP contribution in [0.3, 0.4) is 0 Å². The van der Waals surface area contributed by atoms with Gasteiger partial charge in [-0.25, -0.2) is 0 Å². The van der Waals surface area contributed by atoms with Crippen LogP contribution >= 0.6 is 0 Å². The monoisotopic (exact) mass is 270 g/mol. The lowest BCUT2D eigenvalue weighted by atomic mass is 10.1.